The zero-order valence-electron chi connectivity index (χ0n) is 12.7. The van der Waals surface area contributed by atoms with Crippen molar-refractivity contribution in [3.05, 3.63) is 71.9 Å². The van der Waals surface area contributed by atoms with Gasteiger partial charge in [0.1, 0.15) is 0 Å². The smallest absolute Gasteiger partial charge is 0.220 e. The van der Waals surface area contributed by atoms with Crippen LogP contribution in [0, 0.1) is 0 Å². The number of nitrogens with one attached hydrogen (secondary N) is 2. The summed E-state index contributed by atoms with van der Waals surface area (Å²) < 4.78 is 0. The van der Waals surface area contributed by atoms with E-state index in [1.807, 2.05) is 48.7 Å². The van der Waals surface area contributed by atoms with Gasteiger partial charge in [-0.3, -0.25) is 4.79 Å². The average Bonchev–Trinajstić information content (AvgIpc) is 2.98. The van der Waals surface area contributed by atoms with E-state index in [0.29, 0.717) is 13.0 Å². The summed E-state index contributed by atoms with van der Waals surface area (Å²) in [4.78, 5) is 15.4. The number of rotatable bonds is 5. The molecule has 0 fully saturated rings. The zero-order chi connectivity index (χ0) is 15.4. The summed E-state index contributed by atoms with van der Waals surface area (Å²) in [6, 6.07) is 18.2. The topological polar surface area (TPSA) is 44.9 Å². The van der Waals surface area contributed by atoms with Crippen LogP contribution in [0.3, 0.4) is 0 Å². The molecule has 1 atom stereocenters. The molecule has 0 saturated carbocycles. The largest absolute Gasteiger partial charge is 0.361 e. The lowest BCUT2D eigenvalue weighted by Gasteiger charge is -2.11. The van der Waals surface area contributed by atoms with E-state index in [2.05, 4.69) is 29.4 Å². The number of benzene rings is 2. The maximum atomic E-state index is 12.1. The number of para-hydroxylation sites is 1. The molecule has 1 heterocycles. The van der Waals surface area contributed by atoms with Crippen LogP contribution in [0.5, 0.6) is 0 Å². The summed E-state index contributed by atoms with van der Waals surface area (Å²) in [6.07, 6.45) is 2.51. The minimum Gasteiger partial charge on any atom is -0.361 e. The van der Waals surface area contributed by atoms with Crippen molar-refractivity contribution < 1.29 is 4.79 Å². The first-order valence-corrected chi connectivity index (χ1v) is 7.60. The Kier molecular flexibility index (Phi) is 4.24. The SMILES string of the molecule is C[C@H](CC(=O)NCc1ccccc1)c1c[nH]c2ccccc12. The predicted octanol–water partition coefficient (Wildman–Crippen LogP) is 3.98. The number of aromatic nitrogens is 1. The summed E-state index contributed by atoms with van der Waals surface area (Å²) in [5, 5.41) is 4.19. The Bertz CT molecular complexity index is 761. The molecule has 2 aromatic carbocycles. The molecule has 3 rings (SSSR count). The van der Waals surface area contributed by atoms with E-state index in [1.54, 1.807) is 0 Å². The number of carbonyl (C=O) groups excluding carboxylic acids is 1. The van der Waals surface area contributed by atoms with Crippen molar-refractivity contribution in [2.45, 2.75) is 25.8 Å². The van der Waals surface area contributed by atoms with Crippen LogP contribution in [0.4, 0.5) is 0 Å². The van der Waals surface area contributed by atoms with Gasteiger partial charge in [0.2, 0.25) is 5.91 Å². The lowest BCUT2D eigenvalue weighted by Crippen LogP contribution is -2.23. The van der Waals surface area contributed by atoms with E-state index >= 15 is 0 Å². The minimum atomic E-state index is 0.0848. The Hall–Kier alpha value is -2.55. The molecule has 3 aromatic rings. The van der Waals surface area contributed by atoms with E-state index in [0.717, 1.165) is 11.1 Å². The standard InChI is InChI=1S/C19H20N2O/c1-14(17-13-20-18-10-6-5-9-16(17)18)11-19(22)21-12-15-7-3-2-4-8-15/h2-10,13-14,20H,11-12H2,1H3,(H,21,22)/t14-/m1/s1. The number of H-pyrrole nitrogens is 1. The Labute approximate surface area is 130 Å². The minimum absolute atomic E-state index is 0.0848. The summed E-state index contributed by atoms with van der Waals surface area (Å²) in [5.74, 6) is 0.272. The van der Waals surface area contributed by atoms with E-state index < -0.39 is 0 Å². The van der Waals surface area contributed by atoms with Gasteiger partial charge in [-0.25, -0.2) is 0 Å². The van der Waals surface area contributed by atoms with Gasteiger partial charge in [0.15, 0.2) is 0 Å². The first kappa shape index (κ1) is 14.4. The van der Waals surface area contributed by atoms with Gasteiger partial charge in [-0.2, -0.15) is 0 Å². The number of aromatic amines is 1. The van der Waals surface area contributed by atoms with Gasteiger partial charge in [-0.15, -0.1) is 0 Å². The molecule has 1 aromatic heterocycles. The van der Waals surface area contributed by atoms with E-state index in [4.69, 9.17) is 0 Å². The molecule has 0 saturated heterocycles. The molecule has 0 unspecified atom stereocenters. The van der Waals surface area contributed by atoms with Crippen molar-refractivity contribution in [3.8, 4) is 0 Å². The fourth-order valence-corrected chi connectivity index (χ4v) is 2.76. The number of hydrogen-bond acceptors (Lipinski definition) is 1. The second-order valence-corrected chi connectivity index (χ2v) is 5.66. The molecule has 0 aliphatic heterocycles. The zero-order valence-corrected chi connectivity index (χ0v) is 12.7. The van der Waals surface area contributed by atoms with Gasteiger partial charge in [-0.05, 0) is 23.1 Å². The number of fused-ring (bicyclic) bond motifs is 1. The van der Waals surface area contributed by atoms with Crippen molar-refractivity contribution >= 4 is 16.8 Å². The molecular formula is C19H20N2O. The van der Waals surface area contributed by atoms with Gasteiger partial charge in [0.25, 0.3) is 0 Å². The highest BCUT2D eigenvalue weighted by Crippen LogP contribution is 2.27. The van der Waals surface area contributed by atoms with Crippen molar-refractivity contribution in [2.24, 2.45) is 0 Å². The van der Waals surface area contributed by atoms with Crippen LogP contribution < -0.4 is 5.32 Å². The van der Waals surface area contributed by atoms with Gasteiger partial charge in [0.05, 0.1) is 0 Å². The lowest BCUT2D eigenvalue weighted by atomic mass is 9.97. The van der Waals surface area contributed by atoms with E-state index in [9.17, 15) is 4.79 Å². The second kappa shape index (κ2) is 6.48. The number of amides is 1. The fraction of sp³-hybridized carbons (Fsp3) is 0.211. The van der Waals surface area contributed by atoms with Crippen LogP contribution in [0.1, 0.15) is 30.4 Å². The Morgan fingerprint density at radius 2 is 1.82 bits per heavy atom. The Morgan fingerprint density at radius 1 is 1.09 bits per heavy atom. The van der Waals surface area contributed by atoms with Crippen LogP contribution in [0.15, 0.2) is 60.8 Å². The van der Waals surface area contributed by atoms with Crippen LogP contribution in [0.25, 0.3) is 10.9 Å². The van der Waals surface area contributed by atoms with Crippen LogP contribution in [-0.2, 0) is 11.3 Å². The molecule has 0 aliphatic rings. The Balaban J connectivity index is 1.61. The summed E-state index contributed by atoms with van der Waals surface area (Å²) >= 11 is 0. The summed E-state index contributed by atoms with van der Waals surface area (Å²) in [5.41, 5.74) is 3.44. The van der Waals surface area contributed by atoms with Crippen molar-refractivity contribution in [3.63, 3.8) is 0 Å². The highest BCUT2D eigenvalue weighted by Gasteiger charge is 2.14. The predicted molar refractivity (Wildman–Crippen MR) is 89.6 cm³/mol. The highest BCUT2D eigenvalue weighted by atomic mass is 16.1. The van der Waals surface area contributed by atoms with Crippen LogP contribution in [0.2, 0.25) is 0 Å². The van der Waals surface area contributed by atoms with Crippen LogP contribution in [-0.4, -0.2) is 10.9 Å². The van der Waals surface area contributed by atoms with E-state index in [-0.39, 0.29) is 11.8 Å². The van der Waals surface area contributed by atoms with Crippen molar-refractivity contribution in [1.29, 1.82) is 0 Å². The average molecular weight is 292 g/mol. The monoisotopic (exact) mass is 292 g/mol. The van der Waals surface area contributed by atoms with Crippen molar-refractivity contribution in [1.82, 2.24) is 10.3 Å². The normalized spacial score (nSPS) is 12.2. The maximum Gasteiger partial charge on any atom is 0.220 e. The molecule has 112 valence electrons. The third kappa shape index (κ3) is 3.19. The molecule has 1 amide bonds. The molecule has 3 nitrogen and oxygen atoms in total. The van der Waals surface area contributed by atoms with Gasteiger partial charge in [0, 0.05) is 30.1 Å². The van der Waals surface area contributed by atoms with Gasteiger partial charge < -0.3 is 10.3 Å². The first-order valence-electron chi connectivity index (χ1n) is 7.60. The quantitative estimate of drug-likeness (QED) is 0.734. The second-order valence-electron chi connectivity index (χ2n) is 5.66. The molecule has 2 N–H and O–H groups in total. The molecule has 0 aliphatic carbocycles. The number of hydrogen-bond donors (Lipinski definition) is 2. The number of carbonyl (C=O) groups is 1. The first-order chi connectivity index (χ1) is 10.7. The summed E-state index contributed by atoms with van der Waals surface area (Å²) in [7, 11) is 0. The molecule has 0 spiro atoms. The van der Waals surface area contributed by atoms with Gasteiger partial charge in [-0.1, -0.05) is 55.5 Å². The fourth-order valence-electron chi connectivity index (χ4n) is 2.76. The van der Waals surface area contributed by atoms with E-state index in [1.165, 1.54) is 10.9 Å². The molecule has 0 radical (unpaired) electrons. The molecular weight excluding hydrogens is 272 g/mol. The highest BCUT2D eigenvalue weighted by molar-refractivity contribution is 5.85. The molecule has 0 bridgehead atoms. The summed E-state index contributed by atoms with van der Waals surface area (Å²) in [6.45, 7) is 2.68. The molecule has 3 heteroatoms. The van der Waals surface area contributed by atoms with Gasteiger partial charge >= 0.3 is 0 Å². The van der Waals surface area contributed by atoms with Crippen LogP contribution >= 0.6 is 0 Å². The third-order valence-electron chi connectivity index (χ3n) is 3.98. The third-order valence-corrected chi connectivity index (χ3v) is 3.98. The molecule has 22 heavy (non-hydrogen) atoms. The lowest BCUT2D eigenvalue weighted by molar-refractivity contribution is -0.121. The maximum absolute atomic E-state index is 12.1. The Morgan fingerprint density at radius 3 is 2.64 bits per heavy atom. The van der Waals surface area contributed by atoms with Crippen molar-refractivity contribution in [2.75, 3.05) is 0 Å².